The van der Waals surface area contributed by atoms with Gasteiger partial charge in [0, 0.05) is 37.1 Å². The van der Waals surface area contributed by atoms with Crippen molar-refractivity contribution < 1.29 is 4.74 Å². The molecule has 4 rings (SSSR count). The van der Waals surface area contributed by atoms with E-state index in [0.29, 0.717) is 41.0 Å². The highest BCUT2D eigenvalue weighted by Gasteiger charge is 2.15. The van der Waals surface area contributed by atoms with Gasteiger partial charge >= 0.3 is 0 Å². The molecule has 0 aliphatic carbocycles. The third-order valence-corrected chi connectivity index (χ3v) is 5.84. The van der Waals surface area contributed by atoms with E-state index in [4.69, 9.17) is 31.7 Å². The van der Waals surface area contributed by atoms with Crippen LogP contribution in [0, 0.1) is 5.41 Å². The fraction of sp³-hybridized carbons (Fsp3) is 0.217. The summed E-state index contributed by atoms with van der Waals surface area (Å²) in [4.78, 5) is 23.3. The molecule has 2 N–H and O–H groups in total. The van der Waals surface area contributed by atoms with Crippen molar-refractivity contribution in [3.8, 4) is 39.1 Å². The highest BCUT2D eigenvalue weighted by atomic mass is 35.5. The first-order chi connectivity index (χ1) is 16.2. The SMILES string of the molecule is CCCNc1ncc(-c2cc(-c3ccc(OCCC=N)cc3Cl)nc(-c3cnccn3)n2)s1. The van der Waals surface area contributed by atoms with Crippen molar-refractivity contribution in [2.45, 2.75) is 19.8 Å². The van der Waals surface area contributed by atoms with Crippen LogP contribution in [0.4, 0.5) is 5.13 Å². The van der Waals surface area contributed by atoms with Crippen LogP contribution in [0.1, 0.15) is 19.8 Å². The van der Waals surface area contributed by atoms with E-state index >= 15 is 0 Å². The molecule has 0 fully saturated rings. The largest absolute Gasteiger partial charge is 0.493 e. The lowest BCUT2D eigenvalue weighted by Gasteiger charge is -2.10. The van der Waals surface area contributed by atoms with E-state index in [9.17, 15) is 0 Å². The topological polar surface area (TPSA) is 110 Å². The highest BCUT2D eigenvalue weighted by molar-refractivity contribution is 7.18. The normalized spacial score (nSPS) is 10.7. The molecule has 0 saturated heterocycles. The molecule has 3 heterocycles. The van der Waals surface area contributed by atoms with Crippen molar-refractivity contribution in [3.63, 3.8) is 0 Å². The van der Waals surface area contributed by atoms with E-state index in [-0.39, 0.29) is 0 Å². The second-order valence-corrected chi connectivity index (χ2v) is 8.43. The fourth-order valence-corrected chi connectivity index (χ4v) is 4.05. The van der Waals surface area contributed by atoms with Gasteiger partial charge in [-0.25, -0.2) is 19.9 Å². The molecule has 0 unspecified atom stereocenters. The average molecular weight is 480 g/mol. The number of anilines is 1. The van der Waals surface area contributed by atoms with Crippen LogP contribution in [0.15, 0.2) is 49.1 Å². The lowest BCUT2D eigenvalue weighted by Crippen LogP contribution is -1.99. The molecular weight excluding hydrogens is 458 g/mol. The summed E-state index contributed by atoms with van der Waals surface area (Å²) in [7, 11) is 0. The van der Waals surface area contributed by atoms with Crippen LogP contribution in [0.2, 0.25) is 5.02 Å². The van der Waals surface area contributed by atoms with Crippen LogP contribution < -0.4 is 10.1 Å². The van der Waals surface area contributed by atoms with Gasteiger partial charge in [-0.3, -0.25) is 4.98 Å². The third-order valence-electron chi connectivity index (χ3n) is 4.55. The van der Waals surface area contributed by atoms with Crippen molar-refractivity contribution in [2.75, 3.05) is 18.5 Å². The first-order valence-corrected chi connectivity index (χ1v) is 11.6. The van der Waals surface area contributed by atoms with Gasteiger partial charge in [-0.1, -0.05) is 29.9 Å². The minimum Gasteiger partial charge on any atom is -0.493 e. The first-order valence-electron chi connectivity index (χ1n) is 10.4. The Morgan fingerprint density at radius 2 is 1.97 bits per heavy atom. The summed E-state index contributed by atoms with van der Waals surface area (Å²) in [6.07, 6.45) is 9.52. The molecular formula is C23H22ClN7OS. The Hall–Kier alpha value is -3.43. The molecule has 1 aromatic carbocycles. The summed E-state index contributed by atoms with van der Waals surface area (Å²) in [5.74, 6) is 1.09. The Labute approximate surface area is 200 Å². The second kappa shape index (κ2) is 10.9. The number of rotatable bonds is 10. The molecule has 168 valence electrons. The van der Waals surface area contributed by atoms with Crippen LogP contribution >= 0.6 is 22.9 Å². The summed E-state index contributed by atoms with van der Waals surface area (Å²) in [5, 5.41) is 11.8. The lowest BCUT2D eigenvalue weighted by atomic mass is 10.1. The Morgan fingerprint density at radius 1 is 1.09 bits per heavy atom. The van der Waals surface area contributed by atoms with Gasteiger partial charge in [0.05, 0.1) is 34.1 Å². The van der Waals surface area contributed by atoms with E-state index in [1.807, 2.05) is 18.2 Å². The summed E-state index contributed by atoms with van der Waals surface area (Å²) in [6.45, 7) is 3.39. The zero-order chi connectivity index (χ0) is 23.0. The summed E-state index contributed by atoms with van der Waals surface area (Å²) < 4.78 is 5.64. The number of benzene rings is 1. The van der Waals surface area contributed by atoms with Gasteiger partial charge in [-0.2, -0.15) is 0 Å². The molecule has 10 heteroatoms. The Morgan fingerprint density at radius 3 is 2.73 bits per heavy atom. The zero-order valence-electron chi connectivity index (χ0n) is 18.0. The molecule has 0 amide bonds. The Bertz CT molecular complexity index is 1230. The van der Waals surface area contributed by atoms with Gasteiger partial charge in [0.15, 0.2) is 11.0 Å². The van der Waals surface area contributed by atoms with E-state index in [1.165, 1.54) is 17.6 Å². The minimum absolute atomic E-state index is 0.424. The van der Waals surface area contributed by atoms with Crippen LogP contribution in [0.25, 0.3) is 33.3 Å². The molecule has 0 atom stereocenters. The molecule has 33 heavy (non-hydrogen) atoms. The van der Waals surface area contributed by atoms with Crippen molar-refractivity contribution in [2.24, 2.45) is 0 Å². The molecule has 0 aliphatic rings. The van der Waals surface area contributed by atoms with Crippen molar-refractivity contribution in [1.82, 2.24) is 24.9 Å². The second-order valence-electron chi connectivity index (χ2n) is 6.99. The molecule has 4 aromatic rings. The van der Waals surface area contributed by atoms with Crippen molar-refractivity contribution >= 4 is 34.3 Å². The number of hydrogen-bond donors (Lipinski definition) is 2. The predicted molar refractivity (Wildman–Crippen MR) is 132 cm³/mol. The quantitative estimate of drug-likeness (QED) is 0.224. The zero-order valence-corrected chi connectivity index (χ0v) is 19.5. The van der Waals surface area contributed by atoms with E-state index in [2.05, 4.69) is 27.2 Å². The van der Waals surface area contributed by atoms with Gasteiger partial charge in [-0.15, -0.1) is 0 Å². The number of nitrogens with one attached hydrogen (secondary N) is 2. The maximum Gasteiger partial charge on any atom is 0.183 e. The molecule has 0 saturated carbocycles. The van der Waals surface area contributed by atoms with Crippen LogP contribution in [0.5, 0.6) is 5.75 Å². The summed E-state index contributed by atoms with van der Waals surface area (Å²) in [5.41, 5.74) is 2.70. The maximum atomic E-state index is 7.11. The standard InChI is InChI=1S/C23H22ClN7OS/c1-2-7-28-23-29-14-21(33-23)19-12-18(30-22(31-19)20-13-26-8-9-27-20)16-5-4-15(11-17(16)24)32-10-3-6-25/h4-6,8-9,11-14,25H,2-3,7,10H2,1H3,(H,28,29). The van der Waals surface area contributed by atoms with Crippen LogP contribution in [0.3, 0.4) is 0 Å². The molecule has 0 spiro atoms. The molecule has 3 aromatic heterocycles. The summed E-state index contributed by atoms with van der Waals surface area (Å²) >= 11 is 8.13. The highest BCUT2D eigenvalue weighted by Crippen LogP contribution is 2.35. The average Bonchev–Trinajstić information content (AvgIpc) is 3.32. The molecule has 0 bridgehead atoms. The van der Waals surface area contributed by atoms with Crippen molar-refractivity contribution in [1.29, 1.82) is 5.41 Å². The number of halogens is 1. The molecule has 8 nitrogen and oxygen atoms in total. The molecule has 0 aliphatic heterocycles. The minimum atomic E-state index is 0.424. The van der Waals surface area contributed by atoms with E-state index in [1.54, 1.807) is 30.9 Å². The van der Waals surface area contributed by atoms with E-state index < -0.39 is 0 Å². The van der Waals surface area contributed by atoms with Gasteiger partial charge in [0.1, 0.15) is 11.4 Å². The Kier molecular flexibility index (Phi) is 7.54. The van der Waals surface area contributed by atoms with E-state index in [0.717, 1.165) is 34.2 Å². The van der Waals surface area contributed by atoms with Crippen molar-refractivity contribution in [3.05, 3.63) is 54.1 Å². The van der Waals surface area contributed by atoms with Gasteiger partial charge < -0.3 is 15.5 Å². The molecule has 0 radical (unpaired) electrons. The van der Waals surface area contributed by atoms with Gasteiger partial charge in [-0.05, 0) is 36.9 Å². The first kappa shape index (κ1) is 22.8. The van der Waals surface area contributed by atoms with Gasteiger partial charge in [0.2, 0.25) is 0 Å². The Balaban J connectivity index is 1.74. The van der Waals surface area contributed by atoms with Crippen LogP contribution in [-0.4, -0.2) is 44.3 Å². The van der Waals surface area contributed by atoms with Gasteiger partial charge in [0.25, 0.3) is 0 Å². The lowest BCUT2D eigenvalue weighted by molar-refractivity contribution is 0.330. The number of ether oxygens (including phenoxy) is 1. The van der Waals surface area contributed by atoms with Crippen LogP contribution in [-0.2, 0) is 0 Å². The predicted octanol–water partition coefficient (Wildman–Crippen LogP) is 5.62. The number of aromatic nitrogens is 5. The number of nitrogens with zero attached hydrogens (tertiary/aromatic N) is 5. The monoisotopic (exact) mass is 479 g/mol. The number of hydrogen-bond acceptors (Lipinski definition) is 9. The smallest absolute Gasteiger partial charge is 0.183 e. The summed E-state index contributed by atoms with van der Waals surface area (Å²) in [6, 6.07) is 7.36. The fourth-order valence-electron chi connectivity index (χ4n) is 2.98. The maximum absolute atomic E-state index is 7.11. The third kappa shape index (κ3) is 5.68. The number of thiazole rings is 1.